The second kappa shape index (κ2) is 9.46. The lowest BCUT2D eigenvalue weighted by Gasteiger charge is -2.06. The van der Waals surface area contributed by atoms with Crippen LogP contribution in [0.1, 0.15) is 38.3 Å². The lowest BCUT2D eigenvalue weighted by Crippen LogP contribution is -2.18. The summed E-state index contributed by atoms with van der Waals surface area (Å²) in [6.07, 6.45) is 1.46. The number of nitrogens with one attached hydrogen (secondary N) is 2. The second-order valence-corrected chi connectivity index (χ2v) is 8.67. The normalized spacial score (nSPS) is 11.4. The Labute approximate surface area is 202 Å². The fourth-order valence-corrected chi connectivity index (χ4v) is 4.62. The van der Waals surface area contributed by atoms with Gasteiger partial charge in [0.05, 0.1) is 27.5 Å². The van der Waals surface area contributed by atoms with Crippen molar-refractivity contribution in [1.82, 2.24) is 5.43 Å². The van der Waals surface area contributed by atoms with Gasteiger partial charge in [0, 0.05) is 27.9 Å². The second-order valence-electron chi connectivity index (χ2n) is 7.24. The van der Waals surface area contributed by atoms with E-state index < -0.39 is 10.8 Å². The number of amides is 2. The molecule has 4 rings (SSSR count). The summed E-state index contributed by atoms with van der Waals surface area (Å²) in [4.78, 5) is 35.6. The monoisotopic (exact) mass is 496 g/mol. The first-order valence-corrected chi connectivity index (χ1v) is 11.1. The van der Waals surface area contributed by atoms with Crippen molar-refractivity contribution >= 4 is 61.9 Å². The van der Waals surface area contributed by atoms with E-state index in [1.54, 1.807) is 44.2 Å². The van der Waals surface area contributed by atoms with Crippen LogP contribution in [0.4, 0.5) is 11.4 Å². The molecule has 11 heteroatoms. The first kappa shape index (κ1) is 23.1. The maximum absolute atomic E-state index is 12.6. The number of carbonyl (C=O) groups excluding carboxylic acids is 2. The number of nitro benzene ring substituents is 1. The number of fused-ring (bicyclic) bond motifs is 1. The number of rotatable bonds is 6. The number of anilines is 1. The third-order valence-corrected chi connectivity index (χ3v) is 6.68. The van der Waals surface area contributed by atoms with Crippen molar-refractivity contribution in [2.75, 3.05) is 5.32 Å². The van der Waals surface area contributed by atoms with E-state index in [0.717, 1.165) is 16.9 Å². The maximum Gasteiger partial charge on any atom is 0.283 e. The number of nitro groups is 1. The Balaban J connectivity index is 1.45. The Bertz CT molecular complexity index is 1460. The topological polar surface area (TPSA) is 127 Å². The molecule has 34 heavy (non-hydrogen) atoms. The highest BCUT2D eigenvalue weighted by Crippen LogP contribution is 2.37. The summed E-state index contributed by atoms with van der Waals surface area (Å²) in [6, 6.07) is 12.8. The summed E-state index contributed by atoms with van der Waals surface area (Å²) in [5.74, 6) is -0.264. The highest BCUT2D eigenvalue weighted by Gasteiger charge is 2.19. The molecule has 0 fully saturated rings. The largest absolute Gasteiger partial charge is 0.469 e. The van der Waals surface area contributed by atoms with Gasteiger partial charge >= 0.3 is 0 Å². The van der Waals surface area contributed by atoms with Crippen molar-refractivity contribution in [3.8, 4) is 0 Å². The van der Waals surface area contributed by atoms with Crippen LogP contribution in [0.5, 0.6) is 0 Å². The molecule has 172 valence electrons. The molecule has 0 unspecified atom stereocenters. The van der Waals surface area contributed by atoms with Crippen LogP contribution in [0.15, 0.2) is 64.3 Å². The van der Waals surface area contributed by atoms with Crippen LogP contribution in [-0.2, 0) is 0 Å². The lowest BCUT2D eigenvalue weighted by molar-refractivity contribution is -0.384. The molecule has 9 nitrogen and oxygen atoms in total. The van der Waals surface area contributed by atoms with E-state index in [4.69, 9.17) is 16.0 Å². The molecule has 2 heterocycles. The van der Waals surface area contributed by atoms with E-state index in [-0.39, 0.29) is 21.5 Å². The van der Waals surface area contributed by atoms with Gasteiger partial charge in [0.1, 0.15) is 10.6 Å². The molecule has 0 saturated heterocycles. The molecule has 0 aliphatic rings. The molecule has 0 bridgehead atoms. The molecular weight excluding hydrogens is 480 g/mol. The number of hydrazone groups is 1. The number of nitrogens with zero attached hydrogens (tertiary/aromatic N) is 2. The summed E-state index contributed by atoms with van der Waals surface area (Å²) in [5, 5.41) is 18.7. The molecule has 0 aliphatic carbocycles. The Kier molecular flexibility index (Phi) is 6.44. The number of hydrogen-bond acceptors (Lipinski definition) is 7. The van der Waals surface area contributed by atoms with E-state index in [1.165, 1.54) is 24.5 Å². The van der Waals surface area contributed by atoms with Crippen molar-refractivity contribution in [2.24, 2.45) is 5.10 Å². The molecule has 4 aromatic rings. The van der Waals surface area contributed by atoms with Gasteiger partial charge in [-0.15, -0.1) is 11.3 Å². The SMILES string of the molecule is C/C(=N/NC(=O)c1sc2cc([N+](=O)[O-])ccc2c1Cl)c1ccc(NC(=O)c2ccoc2C)cc1. The third kappa shape index (κ3) is 4.68. The van der Waals surface area contributed by atoms with Gasteiger partial charge in [0.25, 0.3) is 17.5 Å². The first-order valence-electron chi connectivity index (χ1n) is 9.91. The average Bonchev–Trinajstić information content (AvgIpc) is 3.40. The highest BCUT2D eigenvalue weighted by molar-refractivity contribution is 7.21. The highest BCUT2D eigenvalue weighted by atomic mass is 35.5. The smallest absolute Gasteiger partial charge is 0.283 e. The molecule has 0 atom stereocenters. The maximum atomic E-state index is 12.6. The van der Waals surface area contributed by atoms with E-state index in [2.05, 4.69) is 15.8 Å². The molecular formula is C23H17ClN4O5S. The number of furan rings is 1. The minimum Gasteiger partial charge on any atom is -0.469 e. The molecule has 2 aromatic carbocycles. The number of carbonyl (C=O) groups is 2. The minimum atomic E-state index is -0.521. The van der Waals surface area contributed by atoms with E-state index in [1.807, 2.05) is 0 Å². The molecule has 0 aliphatic heterocycles. The van der Waals surface area contributed by atoms with Crippen LogP contribution in [0.3, 0.4) is 0 Å². The summed E-state index contributed by atoms with van der Waals surface area (Å²) >= 11 is 7.37. The van der Waals surface area contributed by atoms with Crippen LogP contribution < -0.4 is 10.7 Å². The molecule has 2 amide bonds. The minimum absolute atomic E-state index is 0.0780. The summed E-state index contributed by atoms with van der Waals surface area (Å²) in [7, 11) is 0. The summed E-state index contributed by atoms with van der Waals surface area (Å²) in [6.45, 7) is 3.43. The van der Waals surface area contributed by atoms with Crippen LogP contribution in [0.25, 0.3) is 10.1 Å². The molecule has 2 aromatic heterocycles. The Morgan fingerprint density at radius 2 is 1.85 bits per heavy atom. The van der Waals surface area contributed by atoms with Gasteiger partial charge < -0.3 is 9.73 Å². The Hall–Kier alpha value is -4.02. The number of thiophene rings is 1. The Morgan fingerprint density at radius 3 is 2.50 bits per heavy atom. The Morgan fingerprint density at radius 1 is 1.12 bits per heavy atom. The molecule has 2 N–H and O–H groups in total. The van der Waals surface area contributed by atoms with Crippen molar-refractivity contribution in [3.05, 3.63) is 91.7 Å². The van der Waals surface area contributed by atoms with Crippen molar-refractivity contribution in [3.63, 3.8) is 0 Å². The van der Waals surface area contributed by atoms with E-state index in [0.29, 0.717) is 32.8 Å². The number of non-ortho nitro benzene ring substituents is 1. The lowest BCUT2D eigenvalue weighted by atomic mass is 10.1. The van der Waals surface area contributed by atoms with Crippen LogP contribution in [-0.4, -0.2) is 22.4 Å². The zero-order valence-electron chi connectivity index (χ0n) is 17.9. The van der Waals surface area contributed by atoms with Crippen LogP contribution in [0, 0.1) is 17.0 Å². The van der Waals surface area contributed by atoms with Crippen molar-refractivity contribution < 1.29 is 18.9 Å². The van der Waals surface area contributed by atoms with Gasteiger partial charge in [-0.25, -0.2) is 5.43 Å². The average molecular weight is 497 g/mol. The summed E-state index contributed by atoms with van der Waals surface area (Å²) in [5.41, 5.74) is 4.71. The standard InChI is InChI=1S/C23H17ClN4O5S/c1-12(14-3-5-15(6-4-14)25-22(29)17-9-10-33-13(17)2)26-27-23(30)21-20(24)18-8-7-16(28(31)32)11-19(18)34-21/h3-11H,1-2H3,(H,25,29)(H,27,30)/b26-12-. The zero-order valence-corrected chi connectivity index (χ0v) is 19.5. The van der Waals surface area contributed by atoms with Gasteiger partial charge in [-0.3, -0.25) is 19.7 Å². The number of halogens is 1. The van der Waals surface area contributed by atoms with Crippen LogP contribution in [0.2, 0.25) is 5.02 Å². The predicted molar refractivity (Wildman–Crippen MR) is 131 cm³/mol. The third-order valence-electron chi connectivity index (χ3n) is 5.02. The quantitative estimate of drug-likeness (QED) is 0.199. The number of hydrogen-bond donors (Lipinski definition) is 2. The molecule has 0 saturated carbocycles. The number of benzene rings is 2. The fourth-order valence-electron chi connectivity index (χ4n) is 3.18. The fraction of sp³-hybridized carbons (Fsp3) is 0.0870. The van der Waals surface area contributed by atoms with Crippen LogP contribution >= 0.6 is 22.9 Å². The van der Waals surface area contributed by atoms with Crippen molar-refractivity contribution in [1.29, 1.82) is 0 Å². The zero-order chi connectivity index (χ0) is 24.4. The molecule has 0 radical (unpaired) electrons. The first-order chi connectivity index (χ1) is 16.2. The van der Waals surface area contributed by atoms with Gasteiger partial charge in [-0.1, -0.05) is 23.7 Å². The van der Waals surface area contributed by atoms with E-state index >= 15 is 0 Å². The van der Waals surface area contributed by atoms with Gasteiger partial charge in [-0.05, 0) is 43.7 Å². The van der Waals surface area contributed by atoms with Gasteiger partial charge in [-0.2, -0.15) is 5.10 Å². The predicted octanol–water partition coefficient (Wildman–Crippen LogP) is 5.77. The summed E-state index contributed by atoms with van der Waals surface area (Å²) < 4.78 is 5.68. The van der Waals surface area contributed by atoms with Gasteiger partial charge in [0.2, 0.25) is 0 Å². The van der Waals surface area contributed by atoms with Gasteiger partial charge in [0.15, 0.2) is 0 Å². The number of aryl methyl sites for hydroxylation is 1. The van der Waals surface area contributed by atoms with Crippen molar-refractivity contribution in [2.45, 2.75) is 13.8 Å². The van der Waals surface area contributed by atoms with E-state index in [9.17, 15) is 19.7 Å². The molecule has 0 spiro atoms.